The molecular weight excluding hydrogens is 474 g/mol. The maximum Gasteiger partial charge on any atom is 0.269 e. The average Bonchev–Trinajstić information content (AvgIpc) is 2.82. The molecule has 1 heterocycles. The smallest absolute Gasteiger partial charge is 0.269 e. The van der Waals surface area contributed by atoms with Gasteiger partial charge in [-0.25, -0.2) is 8.42 Å². The third kappa shape index (κ3) is 5.41. The minimum atomic E-state index is -3.79. The summed E-state index contributed by atoms with van der Waals surface area (Å²) in [6, 6.07) is 20.2. The Morgan fingerprint density at radius 3 is 2.29 bits per heavy atom. The molecule has 9 heteroatoms. The summed E-state index contributed by atoms with van der Waals surface area (Å²) in [6.07, 6.45) is 1.30. The second-order valence-electron chi connectivity index (χ2n) is 8.52. The Bertz CT molecular complexity index is 1260. The van der Waals surface area contributed by atoms with Gasteiger partial charge in [0.2, 0.25) is 0 Å². The zero-order chi connectivity index (χ0) is 24.3. The Kier molecular flexibility index (Phi) is 7.21. The van der Waals surface area contributed by atoms with Crippen molar-refractivity contribution in [3.63, 3.8) is 0 Å². The number of hydrogen-bond donors (Lipinski definition) is 0. The zero-order valence-corrected chi connectivity index (χ0v) is 20.4. The highest BCUT2D eigenvalue weighted by molar-refractivity contribution is 7.92. The van der Waals surface area contributed by atoms with Gasteiger partial charge in [0, 0.05) is 42.8 Å². The number of anilines is 1. The lowest BCUT2D eigenvalue weighted by Crippen LogP contribution is -2.47. The van der Waals surface area contributed by atoms with Crippen LogP contribution in [0.15, 0.2) is 77.7 Å². The number of non-ortho nitro benzene ring substituents is 1. The molecule has 0 atom stereocenters. The lowest BCUT2D eigenvalue weighted by atomic mass is 10.0. The monoisotopic (exact) mass is 499 g/mol. The quantitative estimate of drug-likeness (QED) is 0.320. The first-order chi connectivity index (χ1) is 16.2. The second-order valence-corrected chi connectivity index (χ2v) is 10.8. The number of halogens is 1. The van der Waals surface area contributed by atoms with Crippen molar-refractivity contribution in [3.05, 3.63) is 99.1 Å². The summed E-state index contributed by atoms with van der Waals surface area (Å²) in [5, 5.41) is 11.6. The third-order valence-electron chi connectivity index (χ3n) is 6.08. The van der Waals surface area contributed by atoms with E-state index in [1.54, 1.807) is 28.6 Å². The fourth-order valence-electron chi connectivity index (χ4n) is 4.30. The van der Waals surface area contributed by atoms with E-state index >= 15 is 0 Å². The van der Waals surface area contributed by atoms with Gasteiger partial charge in [0.1, 0.15) is 0 Å². The Hall–Kier alpha value is -2.94. The number of rotatable bonds is 7. The molecule has 0 N–H and O–H groups in total. The van der Waals surface area contributed by atoms with Crippen molar-refractivity contribution in [2.45, 2.75) is 37.2 Å². The first-order valence-electron chi connectivity index (χ1n) is 11.1. The van der Waals surface area contributed by atoms with Crippen LogP contribution in [0.25, 0.3) is 0 Å². The highest BCUT2D eigenvalue weighted by Crippen LogP contribution is 2.31. The van der Waals surface area contributed by atoms with E-state index in [1.807, 2.05) is 37.3 Å². The fourth-order valence-corrected chi connectivity index (χ4v) is 6.13. The summed E-state index contributed by atoms with van der Waals surface area (Å²) < 4.78 is 29.0. The summed E-state index contributed by atoms with van der Waals surface area (Å²) in [6.45, 7) is 3.93. The number of sulfonamides is 1. The van der Waals surface area contributed by atoms with Gasteiger partial charge in [-0.3, -0.25) is 19.3 Å². The Morgan fingerprint density at radius 2 is 1.68 bits per heavy atom. The molecule has 1 aliphatic heterocycles. The van der Waals surface area contributed by atoms with Gasteiger partial charge in [-0.2, -0.15) is 0 Å². The van der Waals surface area contributed by atoms with E-state index < -0.39 is 14.9 Å². The van der Waals surface area contributed by atoms with Crippen molar-refractivity contribution in [2.75, 3.05) is 17.4 Å². The Morgan fingerprint density at radius 1 is 1.03 bits per heavy atom. The Labute approximate surface area is 204 Å². The number of hydrogen-bond acceptors (Lipinski definition) is 5. The van der Waals surface area contributed by atoms with Crippen LogP contribution in [-0.2, 0) is 16.6 Å². The molecule has 1 aliphatic rings. The maximum atomic E-state index is 13.7. The average molecular weight is 500 g/mol. The van der Waals surface area contributed by atoms with E-state index in [9.17, 15) is 18.5 Å². The van der Waals surface area contributed by atoms with Crippen molar-refractivity contribution in [1.82, 2.24) is 4.90 Å². The van der Waals surface area contributed by atoms with Crippen molar-refractivity contribution >= 4 is 33.0 Å². The van der Waals surface area contributed by atoms with Crippen LogP contribution in [0.4, 0.5) is 11.4 Å². The number of aryl methyl sites for hydroxylation is 1. The fraction of sp³-hybridized carbons (Fsp3) is 0.280. The molecule has 0 aromatic heterocycles. The summed E-state index contributed by atoms with van der Waals surface area (Å²) in [7, 11) is -3.79. The van der Waals surface area contributed by atoms with E-state index in [0.717, 1.165) is 11.1 Å². The second kappa shape index (κ2) is 10.1. The molecule has 1 saturated heterocycles. The minimum Gasteiger partial charge on any atom is -0.299 e. The molecule has 3 aromatic carbocycles. The van der Waals surface area contributed by atoms with E-state index in [0.29, 0.717) is 43.2 Å². The van der Waals surface area contributed by atoms with Crippen LogP contribution in [0, 0.1) is 17.0 Å². The molecule has 0 bridgehead atoms. The normalized spacial score (nSPS) is 15.2. The molecule has 0 radical (unpaired) electrons. The molecule has 0 saturated carbocycles. The molecular formula is C25H26ClN3O4S. The van der Waals surface area contributed by atoms with Crippen LogP contribution in [0.1, 0.15) is 24.0 Å². The predicted octanol–water partition coefficient (Wildman–Crippen LogP) is 5.42. The van der Waals surface area contributed by atoms with Crippen LogP contribution in [0.3, 0.4) is 0 Å². The van der Waals surface area contributed by atoms with Gasteiger partial charge in [-0.15, -0.1) is 0 Å². The molecule has 3 aromatic rings. The van der Waals surface area contributed by atoms with Gasteiger partial charge in [0.05, 0.1) is 15.5 Å². The lowest BCUT2D eigenvalue weighted by Gasteiger charge is -2.39. The topological polar surface area (TPSA) is 83.8 Å². The summed E-state index contributed by atoms with van der Waals surface area (Å²) in [5.74, 6) is 0. The number of benzene rings is 3. The van der Waals surface area contributed by atoms with Crippen LogP contribution in [0.5, 0.6) is 0 Å². The van der Waals surface area contributed by atoms with Crippen LogP contribution in [0.2, 0.25) is 5.02 Å². The Balaban J connectivity index is 1.55. The molecule has 0 spiro atoms. The van der Waals surface area contributed by atoms with E-state index in [4.69, 9.17) is 11.6 Å². The molecule has 34 heavy (non-hydrogen) atoms. The van der Waals surface area contributed by atoms with Gasteiger partial charge in [0.25, 0.3) is 15.7 Å². The minimum absolute atomic E-state index is 0.0759. The highest BCUT2D eigenvalue weighted by atomic mass is 35.5. The van der Waals surface area contributed by atoms with Crippen molar-refractivity contribution < 1.29 is 13.3 Å². The SMILES string of the molecule is Cc1ccc(N(C2CCN(Cc3cccc([N+](=O)[O-])c3)CC2)S(=O)(=O)c2ccc(Cl)cc2)cc1. The summed E-state index contributed by atoms with van der Waals surface area (Å²) >= 11 is 5.98. The zero-order valence-electron chi connectivity index (χ0n) is 18.8. The summed E-state index contributed by atoms with van der Waals surface area (Å²) in [4.78, 5) is 13.1. The molecule has 1 fully saturated rings. The number of piperidine rings is 1. The standard InChI is InChI=1S/C25H26ClN3O4S/c1-19-5-9-22(10-6-19)28(34(32,33)25-11-7-21(26)8-12-25)23-13-15-27(16-14-23)18-20-3-2-4-24(17-20)29(30)31/h2-12,17,23H,13-16,18H2,1H3. The van der Waals surface area contributed by atoms with Crippen molar-refractivity contribution in [2.24, 2.45) is 0 Å². The number of nitro benzene ring substituents is 1. The first kappa shape index (κ1) is 24.2. The highest BCUT2D eigenvalue weighted by Gasteiger charge is 2.34. The molecule has 7 nitrogen and oxygen atoms in total. The number of nitro groups is 1. The third-order valence-corrected chi connectivity index (χ3v) is 8.22. The van der Waals surface area contributed by atoms with E-state index in [1.165, 1.54) is 18.2 Å². The van der Waals surface area contributed by atoms with E-state index in [2.05, 4.69) is 4.90 Å². The van der Waals surface area contributed by atoms with Gasteiger partial charge in [-0.05, 0) is 61.7 Å². The number of likely N-dealkylation sites (tertiary alicyclic amines) is 1. The molecule has 4 rings (SSSR count). The maximum absolute atomic E-state index is 13.7. The van der Waals surface area contributed by atoms with Gasteiger partial charge < -0.3 is 0 Å². The van der Waals surface area contributed by atoms with Crippen molar-refractivity contribution in [3.8, 4) is 0 Å². The molecule has 0 aliphatic carbocycles. The van der Waals surface area contributed by atoms with Crippen molar-refractivity contribution in [1.29, 1.82) is 0 Å². The van der Waals surface area contributed by atoms with Crippen LogP contribution < -0.4 is 4.31 Å². The first-order valence-corrected chi connectivity index (χ1v) is 12.9. The van der Waals surface area contributed by atoms with Gasteiger partial charge in [0.15, 0.2) is 0 Å². The van der Waals surface area contributed by atoms with Crippen LogP contribution in [-0.4, -0.2) is 37.4 Å². The summed E-state index contributed by atoms with van der Waals surface area (Å²) in [5.41, 5.74) is 2.64. The molecule has 178 valence electrons. The molecule has 0 amide bonds. The largest absolute Gasteiger partial charge is 0.299 e. The molecule has 0 unspecified atom stereocenters. The van der Waals surface area contributed by atoms with Crippen LogP contribution >= 0.6 is 11.6 Å². The predicted molar refractivity (Wildman–Crippen MR) is 134 cm³/mol. The number of nitrogens with zero attached hydrogens (tertiary/aromatic N) is 3. The van der Waals surface area contributed by atoms with Gasteiger partial charge in [-0.1, -0.05) is 41.4 Å². The van der Waals surface area contributed by atoms with Gasteiger partial charge >= 0.3 is 0 Å². The van der Waals surface area contributed by atoms with E-state index in [-0.39, 0.29) is 16.6 Å². The lowest BCUT2D eigenvalue weighted by molar-refractivity contribution is -0.384.